The lowest BCUT2D eigenvalue weighted by atomic mass is 10.2. The average molecular weight is 276 g/mol. The van der Waals surface area contributed by atoms with Crippen LogP contribution in [0.5, 0.6) is 0 Å². The monoisotopic (exact) mass is 276 g/mol. The van der Waals surface area contributed by atoms with Crippen LogP contribution in [0, 0.1) is 0 Å². The van der Waals surface area contributed by atoms with Gasteiger partial charge in [-0.25, -0.2) is 4.79 Å². The number of carbonyl (C=O) groups is 1. The normalized spacial score (nSPS) is 14.7. The molecular weight excluding hydrogens is 260 g/mol. The molecule has 0 aromatic carbocycles. The van der Waals surface area contributed by atoms with Gasteiger partial charge in [-0.1, -0.05) is 6.07 Å². The van der Waals surface area contributed by atoms with Gasteiger partial charge in [-0.2, -0.15) is 0 Å². The van der Waals surface area contributed by atoms with E-state index in [1.54, 1.807) is 9.13 Å². The van der Waals surface area contributed by atoms with Crippen LogP contribution in [0.15, 0.2) is 34.7 Å². The Labute approximate surface area is 115 Å². The highest BCUT2D eigenvalue weighted by Gasteiger charge is 2.25. The van der Waals surface area contributed by atoms with Crippen LogP contribution in [0.1, 0.15) is 41.4 Å². The number of rotatable bonds is 6. The van der Waals surface area contributed by atoms with Crippen LogP contribution in [-0.4, -0.2) is 14.9 Å². The van der Waals surface area contributed by atoms with E-state index in [0.29, 0.717) is 25.4 Å². The number of aryl methyl sites for hydroxylation is 1. The van der Waals surface area contributed by atoms with E-state index in [0.717, 1.165) is 17.7 Å². The van der Waals surface area contributed by atoms with Gasteiger partial charge in [0.15, 0.2) is 5.78 Å². The molecule has 0 atom stereocenters. The van der Waals surface area contributed by atoms with Crippen molar-refractivity contribution in [3.05, 3.63) is 45.3 Å². The average Bonchev–Trinajstić information content (AvgIpc) is 2.97. The van der Waals surface area contributed by atoms with E-state index in [1.165, 1.54) is 11.3 Å². The van der Waals surface area contributed by atoms with Crippen molar-refractivity contribution in [3.8, 4) is 0 Å². The number of aromatic nitrogens is 2. The first-order chi connectivity index (χ1) is 9.25. The van der Waals surface area contributed by atoms with Crippen molar-refractivity contribution in [3.63, 3.8) is 0 Å². The third-order valence-corrected chi connectivity index (χ3v) is 4.32. The molecule has 4 nitrogen and oxygen atoms in total. The zero-order valence-corrected chi connectivity index (χ0v) is 11.4. The number of hydrogen-bond acceptors (Lipinski definition) is 3. The summed E-state index contributed by atoms with van der Waals surface area (Å²) >= 11 is 1.47. The Hall–Kier alpha value is -1.62. The minimum atomic E-state index is 0.0612. The second-order valence-electron chi connectivity index (χ2n) is 4.92. The van der Waals surface area contributed by atoms with Gasteiger partial charge in [0, 0.05) is 31.4 Å². The third kappa shape index (κ3) is 2.71. The highest BCUT2D eigenvalue weighted by atomic mass is 32.1. The first kappa shape index (κ1) is 12.4. The van der Waals surface area contributed by atoms with Crippen LogP contribution in [0.2, 0.25) is 0 Å². The number of ketones is 1. The van der Waals surface area contributed by atoms with Gasteiger partial charge in [0.25, 0.3) is 0 Å². The quantitative estimate of drug-likeness (QED) is 0.761. The maximum Gasteiger partial charge on any atom is 0.328 e. The molecule has 0 unspecified atom stereocenters. The molecule has 19 heavy (non-hydrogen) atoms. The van der Waals surface area contributed by atoms with Crippen molar-refractivity contribution < 1.29 is 4.79 Å². The van der Waals surface area contributed by atoms with Crippen LogP contribution in [-0.2, 0) is 6.54 Å². The molecule has 0 radical (unpaired) electrons. The summed E-state index contributed by atoms with van der Waals surface area (Å²) in [5.74, 6) is 0.171. The van der Waals surface area contributed by atoms with Crippen molar-refractivity contribution in [2.45, 2.75) is 38.3 Å². The van der Waals surface area contributed by atoms with Crippen LogP contribution in [0.3, 0.4) is 0 Å². The Kier molecular flexibility index (Phi) is 3.38. The fraction of sp³-hybridized carbons (Fsp3) is 0.429. The lowest BCUT2D eigenvalue weighted by Crippen LogP contribution is -2.23. The predicted molar refractivity (Wildman–Crippen MR) is 74.8 cm³/mol. The van der Waals surface area contributed by atoms with Gasteiger partial charge in [-0.05, 0) is 30.7 Å². The van der Waals surface area contributed by atoms with Crippen molar-refractivity contribution in [1.82, 2.24) is 9.13 Å². The summed E-state index contributed by atoms with van der Waals surface area (Å²) in [5.41, 5.74) is 0.0612. The molecule has 5 heteroatoms. The molecular formula is C14H16N2O2S. The van der Waals surface area contributed by atoms with Gasteiger partial charge in [0.2, 0.25) is 0 Å². The minimum Gasteiger partial charge on any atom is -0.299 e. The summed E-state index contributed by atoms with van der Waals surface area (Å²) in [6.45, 7) is 0.621. The molecule has 2 aromatic heterocycles. The Bertz CT molecular complexity index is 620. The summed E-state index contributed by atoms with van der Waals surface area (Å²) in [5, 5.41) is 1.91. The molecule has 1 aliphatic carbocycles. The molecule has 1 aliphatic rings. The van der Waals surface area contributed by atoms with E-state index in [2.05, 4.69) is 0 Å². The number of Topliss-reactive ketones (excluding diaryl/α,β-unsaturated/α-hetero) is 1. The van der Waals surface area contributed by atoms with Gasteiger partial charge in [0.05, 0.1) is 4.88 Å². The van der Waals surface area contributed by atoms with E-state index in [4.69, 9.17) is 0 Å². The molecule has 3 rings (SSSR count). The topological polar surface area (TPSA) is 44.0 Å². The van der Waals surface area contributed by atoms with Crippen molar-refractivity contribution in [2.24, 2.45) is 0 Å². The van der Waals surface area contributed by atoms with Crippen molar-refractivity contribution in [1.29, 1.82) is 0 Å². The number of hydrogen-bond donors (Lipinski definition) is 0. The zero-order valence-electron chi connectivity index (χ0n) is 10.6. The molecule has 0 spiro atoms. The summed E-state index contributed by atoms with van der Waals surface area (Å²) < 4.78 is 3.51. The molecule has 2 heterocycles. The Morgan fingerprint density at radius 1 is 1.37 bits per heavy atom. The summed E-state index contributed by atoms with van der Waals surface area (Å²) in [7, 11) is 0. The van der Waals surface area contributed by atoms with E-state index in [9.17, 15) is 9.59 Å². The molecule has 0 saturated heterocycles. The largest absolute Gasteiger partial charge is 0.328 e. The molecule has 2 aromatic rings. The van der Waals surface area contributed by atoms with Crippen molar-refractivity contribution in [2.75, 3.05) is 0 Å². The number of thiophene rings is 1. The van der Waals surface area contributed by atoms with Crippen LogP contribution in [0.4, 0.5) is 0 Å². The summed E-state index contributed by atoms with van der Waals surface area (Å²) in [6.07, 6.45) is 7.13. The maximum absolute atomic E-state index is 12.0. The smallest absolute Gasteiger partial charge is 0.299 e. The zero-order chi connectivity index (χ0) is 13.2. The molecule has 0 bridgehead atoms. The number of carbonyl (C=O) groups excluding carboxylic acids is 1. The minimum absolute atomic E-state index is 0.0612. The molecule has 1 saturated carbocycles. The van der Waals surface area contributed by atoms with Gasteiger partial charge in [-0.15, -0.1) is 11.3 Å². The molecule has 1 fully saturated rings. The first-order valence-electron chi connectivity index (χ1n) is 6.59. The Morgan fingerprint density at radius 2 is 2.21 bits per heavy atom. The summed E-state index contributed by atoms with van der Waals surface area (Å²) in [4.78, 5) is 24.6. The fourth-order valence-corrected chi connectivity index (χ4v) is 2.89. The standard InChI is InChI=1S/C14H16N2O2S/c17-12(13-4-2-10-19-13)3-1-7-15-8-9-16(14(15)18)11-5-6-11/h2,4,8-11H,1,3,5-7H2. The second-order valence-corrected chi connectivity index (χ2v) is 5.86. The van der Waals surface area contributed by atoms with Gasteiger partial charge < -0.3 is 0 Å². The van der Waals surface area contributed by atoms with E-state index < -0.39 is 0 Å². The van der Waals surface area contributed by atoms with Crippen molar-refractivity contribution >= 4 is 17.1 Å². The van der Waals surface area contributed by atoms with Gasteiger partial charge in [0.1, 0.15) is 0 Å². The van der Waals surface area contributed by atoms with E-state index >= 15 is 0 Å². The first-order valence-corrected chi connectivity index (χ1v) is 7.47. The third-order valence-electron chi connectivity index (χ3n) is 3.41. The number of nitrogens with zero attached hydrogens (tertiary/aromatic N) is 2. The van der Waals surface area contributed by atoms with Crippen LogP contribution >= 0.6 is 11.3 Å². The molecule has 0 aliphatic heterocycles. The molecule has 0 amide bonds. The predicted octanol–water partition coefficient (Wildman–Crippen LogP) is 2.71. The highest BCUT2D eigenvalue weighted by molar-refractivity contribution is 7.12. The van der Waals surface area contributed by atoms with Gasteiger partial charge in [-0.3, -0.25) is 13.9 Å². The number of imidazole rings is 1. The lowest BCUT2D eigenvalue weighted by Gasteiger charge is -2.01. The van der Waals surface area contributed by atoms with Crippen LogP contribution in [0.25, 0.3) is 0 Å². The summed E-state index contributed by atoms with van der Waals surface area (Å²) in [6, 6.07) is 4.16. The van der Waals surface area contributed by atoms with Gasteiger partial charge >= 0.3 is 5.69 Å². The lowest BCUT2D eigenvalue weighted by molar-refractivity contribution is 0.0982. The maximum atomic E-state index is 12.0. The van der Waals surface area contributed by atoms with E-state index in [1.807, 2.05) is 29.9 Å². The Morgan fingerprint density at radius 3 is 2.89 bits per heavy atom. The fourth-order valence-electron chi connectivity index (χ4n) is 2.20. The SMILES string of the molecule is O=C(CCCn1ccn(C2CC2)c1=O)c1cccs1. The Balaban J connectivity index is 1.55. The highest BCUT2D eigenvalue weighted by Crippen LogP contribution is 2.33. The van der Waals surface area contributed by atoms with Crippen LogP contribution < -0.4 is 5.69 Å². The molecule has 100 valence electrons. The van der Waals surface area contributed by atoms with E-state index in [-0.39, 0.29) is 11.5 Å². The molecule has 0 N–H and O–H groups in total. The second kappa shape index (κ2) is 5.17.